The van der Waals surface area contributed by atoms with Crippen molar-refractivity contribution in [2.45, 2.75) is 19.8 Å². The lowest BCUT2D eigenvalue weighted by Gasteiger charge is -2.23. The van der Waals surface area contributed by atoms with Crippen molar-refractivity contribution in [3.8, 4) is 0 Å². The van der Waals surface area contributed by atoms with Gasteiger partial charge in [-0.05, 0) is 20.5 Å². The molecule has 0 saturated carbocycles. The Morgan fingerprint density at radius 2 is 1.87 bits per heavy atom. The maximum Gasteiger partial charge on any atom is 0.229 e. The van der Waals surface area contributed by atoms with Crippen LogP contribution in [0.2, 0.25) is 0 Å². The Hall–Kier alpha value is -0.680. The molecule has 0 atom stereocenters. The molecule has 0 aliphatic heterocycles. The summed E-state index contributed by atoms with van der Waals surface area (Å²) in [6, 6.07) is 0. The van der Waals surface area contributed by atoms with Crippen LogP contribution in [0.15, 0.2) is 0 Å². The first-order valence-corrected chi connectivity index (χ1v) is 5.59. The quantitative estimate of drug-likeness (QED) is 0.647. The number of thiocarbonyl (C=S) groups is 1. The van der Waals surface area contributed by atoms with Gasteiger partial charge in [-0.1, -0.05) is 19.1 Å². The molecule has 0 aromatic carbocycles. The van der Waals surface area contributed by atoms with Gasteiger partial charge >= 0.3 is 0 Å². The van der Waals surface area contributed by atoms with Gasteiger partial charge in [0.25, 0.3) is 0 Å². The number of carbonyl (C=O) groups excluding carboxylic acids is 1. The third-order valence-corrected chi connectivity index (χ3v) is 2.13. The topological polar surface area (TPSA) is 49.6 Å². The Kier molecular flexibility index (Phi) is 7.25. The molecule has 0 bridgehead atoms. The number of hydrogen-bond donors (Lipinski definition) is 1. The lowest BCUT2D eigenvalue weighted by atomic mass is 10.3. The molecule has 0 saturated heterocycles. The minimum atomic E-state index is 0.0335. The minimum Gasteiger partial charge on any atom is -0.393 e. The fraction of sp³-hybridized carbons (Fsp3) is 0.800. The Balaban J connectivity index is 4.12. The first-order valence-electron chi connectivity index (χ1n) is 5.18. The van der Waals surface area contributed by atoms with Crippen LogP contribution in [-0.4, -0.2) is 54.4 Å². The average Bonchev–Trinajstić information content (AvgIpc) is 2.10. The number of likely N-dealkylation sites (N-methyl/N-ethyl adjacent to an activating group) is 1. The lowest BCUT2D eigenvalue weighted by Crippen LogP contribution is -2.38. The van der Waals surface area contributed by atoms with Gasteiger partial charge in [0.15, 0.2) is 0 Å². The van der Waals surface area contributed by atoms with E-state index in [0.29, 0.717) is 0 Å². The molecule has 0 fully saturated rings. The van der Waals surface area contributed by atoms with Crippen molar-refractivity contribution in [3.05, 3.63) is 0 Å². The van der Waals surface area contributed by atoms with Crippen LogP contribution in [0, 0.1) is 0 Å². The molecule has 0 aliphatic rings. The first kappa shape index (κ1) is 14.3. The van der Waals surface area contributed by atoms with Gasteiger partial charge in [0.1, 0.15) is 0 Å². The van der Waals surface area contributed by atoms with Crippen molar-refractivity contribution in [3.63, 3.8) is 0 Å². The van der Waals surface area contributed by atoms with E-state index in [2.05, 4.69) is 11.8 Å². The monoisotopic (exact) mass is 231 g/mol. The molecule has 0 rings (SSSR count). The molecule has 0 heterocycles. The van der Waals surface area contributed by atoms with Crippen LogP contribution in [0.4, 0.5) is 0 Å². The molecule has 0 aromatic rings. The Labute approximate surface area is 97.4 Å². The number of carbonyl (C=O) groups is 1. The van der Waals surface area contributed by atoms with Crippen LogP contribution in [-0.2, 0) is 4.79 Å². The van der Waals surface area contributed by atoms with Crippen molar-refractivity contribution in [1.29, 1.82) is 0 Å². The molecule has 0 aromatic heterocycles. The number of hydrogen-bond acceptors (Lipinski definition) is 3. The number of nitrogens with two attached hydrogens (primary N) is 1. The highest BCUT2D eigenvalue weighted by Gasteiger charge is 2.13. The van der Waals surface area contributed by atoms with E-state index < -0.39 is 0 Å². The zero-order chi connectivity index (χ0) is 11.8. The SMILES string of the molecule is CCCN(CCN(C)C)C(=O)CC(N)=S. The van der Waals surface area contributed by atoms with Crippen LogP contribution >= 0.6 is 12.2 Å². The fourth-order valence-electron chi connectivity index (χ4n) is 1.21. The summed E-state index contributed by atoms with van der Waals surface area (Å²) in [6.45, 7) is 4.43. The van der Waals surface area contributed by atoms with Crippen molar-refractivity contribution < 1.29 is 4.79 Å². The summed E-state index contributed by atoms with van der Waals surface area (Å²) in [5.74, 6) is 0.0335. The maximum atomic E-state index is 11.7. The minimum absolute atomic E-state index is 0.0335. The van der Waals surface area contributed by atoms with Gasteiger partial charge in [0.05, 0.1) is 11.4 Å². The summed E-state index contributed by atoms with van der Waals surface area (Å²) >= 11 is 4.73. The van der Waals surface area contributed by atoms with Gasteiger partial charge in [0.2, 0.25) is 5.91 Å². The van der Waals surface area contributed by atoms with Crippen LogP contribution < -0.4 is 5.73 Å². The van der Waals surface area contributed by atoms with Gasteiger partial charge in [-0.25, -0.2) is 0 Å². The van der Waals surface area contributed by atoms with E-state index >= 15 is 0 Å². The van der Waals surface area contributed by atoms with E-state index in [4.69, 9.17) is 18.0 Å². The van der Waals surface area contributed by atoms with Crippen molar-refractivity contribution in [2.24, 2.45) is 5.73 Å². The Bertz CT molecular complexity index is 219. The second-order valence-electron chi connectivity index (χ2n) is 3.83. The van der Waals surface area contributed by atoms with Gasteiger partial charge in [-0.2, -0.15) is 0 Å². The molecule has 0 radical (unpaired) electrons. The highest BCUT2D eigenvalue weighted by Crippen LogP contribution is 1.97. The van der Waals surface area contributed by atoms with Gasteiger partial charge < -0.3 is 15.5 Å². The number of rotatable bonds is 7. The van der Waals surface area contributed by atoms with Gasteiger partial charge in [0, 0.05) is 19.6 Å². The highest BCUT2D eigenvalue weighted by atomic mass is 32.1. The van der Waals surface area contributed by atoms with E-state index in [1.54, 1.807) is 0 Å². The second-order valence-corrected chi connectivity index (χ2v) is 4.35. The highest BCUT2D eigenvalue weighted by molar-refractivity contribution is 7.80. The van der Waals surface area contributed by atoms with E-state index in [1.165, 1.54) is 0 Å². The fourth-order valence-corrected chi connectivity index (χ4v) is 1.34. The summed E-state index contributed by atoms with van der Waals surface area (Å²) in [7, 11) is 3.98. The van der Waals surface area contributed by atoms with Crippen LogP contribution in [0.3, 0.4) is 0 Å². The number of nitrogens with zero attached hydrogens (tertiary/aromatic N) is 2. The summed E-state index contributed by atoms with van der Waals surface area (Å²) in [5.41, 5.74) is 5.36. The molecule has 5 heteroatoms. The van der Waals surface area contributed by atoms with Crippen LogP contribution in [0.5, 0.6) is 0 Å². The van der Waals surface area contributed by atoms with E-state index in [1.807, 2.05) is 19.0 Å². The van der Waals surface area contributed by atoms with E-state index in [-0.39, 0.29) is 17.3 Å². The normalized spacial score (nSPS) is 10.4. The standard InChI is InChI=1S/C10H21N3OS/c1-4-5-13(7-6-12(2)3)10(14)8-9(11)15/h4-8H2,1-3H3,(H2,11,15). The van der Waals surface area contributed by atoms with Gasteiger partial charge in [-0.3, -0.25) is 4.79 Å². The smallest absolute Gasteiger partial charge is 0.229 e. The molecule has 1 amide bonds. The van der Waals surface area contributed by atoms with E-state index in [9.17, 15) is 4.79 Å². The summed E-state index contributed by atoms with van der Waals surface area (Å²) in [4.78, 5) is 15.8. The summed E-state index contributed by atoms with van der Waals surface area (Å²) in [6.07, 6.45) is 1.14. The molecule has 88 valence electrons. The predicted octanol–water partition coefficient (Wildman–Crippen LogP) is 0.463. The van der Waals surface area contributed by atoms with Gasteiger partial charge in [-0.15, -0.1) is 0 Å². The lowest BCUT2D eigenvalue weighted by molar-refractivity contribution is -0.130. The van der Waals surface area contributed by atoms with Crippen molar-refractivity contribution in [1.82, 2.24) is 9.80 Å². The molecule has 15 heavy (non-hydrogen) atoms. The Morgan fingerprint density at radius 1 is 1.27 bits per heavy atom. The number of amides is 1. The summed E-state index contributed by atoms with van der Waals surface area (Å²) < 4.78 is 0. The van der Waals surface area contributed by atoms with Crippen LogP contribution in [0.25, 0.3) is 0 Å². The van der Waals surface area contributed by atoms with Crippen LogP contribution in [0.1, 0.15) is 19.8 Å². The molecular weight excluding hydrogens is 210 g/mol. The third kappa shape index (κ3) is 7.27. The molecule has 4 nitrogen and oxygen atoms in total. The zero-order valence-corrected chi connectivity index (χ0v) is 10.6. The summed E-state index contributed by atoms with van der Waals surface area (Å²) in [5, 5.41) is 0. The second kappa shape index (κ2) is 7.59. The molecule has 0 spiro atoms. The average molecular weight is 231 g/mol. The molecule has 2 N–H and O–H groups in total. The molecular formula is C10H21N3OS. The zero-order valence-electron chi connectivity index (χ0n) is 9.82. The maximum absolute atomic E-state index is 11.7. The third-order valence-electron chi connectivity index (χ3n) is 1.99. The van der Waals surface area contributed by atoms with E-state index in [0.717, 1.165) is 26.1 Å². The van der Waals surface area contributed by atoms with Crippen molar-refractivity contribution >= 4 is 23.1 Å². The molecule has 0 unspecified atom stereocenters. The first-order chi connectivity index (χ1) is 6.97. The largest absolute Gasteiger partial charge is 0.393 e. The Morgan fingerprint density at radius 3 is 2.27 bits per heavy atom. The van der Waals surface area contributed by atoms with Crippen molar-refractivity contribution in [2.75, 3.05) is 33.7 Å². The molecule has 0 aliphatic carbocycles. The predicted molar refractivity (Wildman–Crippen MR) is 66.8 cm³/mol.